The molecule has 0 aliphatic carbocycles. The summed E-state index contributed by atoms with van der Waals surface area (Å²) in [6.45, 7) is 3.29. The molecule has 0 saturated carbocycles. The van der Waals surface area contributed by atoms with E-state index < -0.39 is 10.0 Å². The number of aryl methyl sites for hydroxylation is 1. The number of aromatic nitrogens is 6. The molecule has 10 nitrogen and oxygen atoms in total. The Bertz CT molecular complexity index is 1290. The number of fused-ring (bicyclic) bond motifs is 1. The van der Waals surface area contributed by atoms with Crippen molar-refractivity contribution < 1.29 is 8.42 Å². The predicted octanol–water partition coefficient (Wildman–Crippen LogP) is 2.31. The lowest BCUT2D eigenvalue weighted by molar-refractivity contribution is 0.609. The second-order valence-electron chi connectivity index (χ2n) is 6.35. The topological polar surface area (TPSA) is 130 Å². The summed E-state index contributed by atoms with van der Waals surface area (Å²) in [5.74, 6) is 0.421. The molecule has 0 aliphatic rings. The first-order chi connectivity index (χ1) is 13.9. The number of H-pyrrole nitrogens is 1. The fourth-order valence-electron chi connectivity index (χ4n) is 2.82. The zero-order valence-corrected chi connectivity index (χ0v) is 16.3. The van der Waals surface area contributed by atoms with Crippen LogP contribution in [-0.4, -0.2) is 38.4 Å². The fourth-order valence-corrected chi connectivity index (χ4v) is 3.36. The van der Waals surface area contributed by atoms with Gasteiger partial charge in [0.05, 0.1) is 23.0 Å². The Hall–Kier alpha value is -3.73. The average molecular weight is 410 g/mol. The highest BCUT2D eigenvalue weighted by molar-refractivity contribution is 7.95. The van der Waals surface area contributed by atoms with E-state index in [1.165, 1.54) is 0 Å². The molecule has 1 aromatic carbocycles. The Balaban J connectivity index is 1.55. The molecule has 3 aromatic heterocycles. The normalized spacial score (nSPS) is 11.5. The standard InChI is InChI=1S/C18H18N8O2S/c1-3-29(27,28)25-13-6-4-5-12(7-13)8-16-15-10-19-18(22-17(15)24-23-16)21-14-9-20-26(2)11-14/h3-7,9-11,25H,1,8H2,2H3,(H2,19,21,22,23,24). The molecule has 0 aliphatic heterocycles. The molecule has 3 heterocycles. The summed E-state index contributed by atoms with van der Waals surface area (Å²) < 4.78 is 27.4. The summed E-state index contributed by atoms with van der Waals surface area (Å²) in [6.07, 6.45) is 5.71. The van der Waals surface area contributed by atoms with Crippen LogP contribution in [0.3, 0.4) is 0 Å². The summed E-state index contributed by atoms with van der Waals surface area (Å²) in [7, 11) is -1.73. The molecular weight excluding hydrogens is 392 g/mol. The molecule has 0 unspecified atom stereocenters. The van der Waals surface area contributed by atoms with E-state index in [0.717, 1.165) is 27.7 Å². The number of anilines is 3. The number of hydrogen-bond acceptors (Lipinski definition) is 7. The van der Waals surface area contributed by atoms with Gasteiger partial charge in [-0.2, -0.15) is 15.2 Å². The van der Waals surface area contributed by atoms with Gasteiger partial charge in [-0.15, -0.1) is 0 Å². The van der Waals surface area contributed by atoms with Gasteiger partial charge in [-0.25, -0.2) is 13.4 Å². The molecule has 0 bridgehead atoms. The number of rotatable bonds is 7. The molecule has 0 radical (unpaired) electrons. The molecule has 4 rings (SSSR count). The van der Waals surface area contributed by atoms with Gasteiger partial charge in [0.25, 0.3) is 10.0 Å². The van der Waals surface area contributed by atoms with Crippen LogP contribution in [0.2, 0.25) is 0 Å². The van der Waals surface area contributed by atoms with Crippen LogP contribution in [0.5, 0.6) is 0 Å². The minimum atomic E-state index is -3.55. The van der Waals surface area contributed by atoms with E-state index in [2.05, 4.69) is 41.9 Å². The van der Waals surface area contributed by atoms with E-state index >= 15 is 0 Å². The zero-order chi connectivity index (χ0) is 20.4. The Morgan fingerprint density at radius 1 is 1.28 bits per heavy atom. The lowest BCUT2D eigenvalue weighted by Gasteiger charge is -2.06. The number of sulfonamides is 1. The minimum absolute atomic E-state index is 0.421. The highest BCUT2D eigenvalue weighted by atomic mass is 32.2. The first kappa shape index (κ1) is 18.6. The van der Waals surface area contributed by atoms with E-state index in [-0.39, 0.29) is 0 Å². The maximum atomic E-state index is 11.7. The van der Waals surface area contributed by atoms with Crippen molar-refractivity contribution in [3.63, 3.8) is 0 Å². The third-order valence-corrected chi connectivity index (χ3v) is 5.10. The van der Waals surface area contributed by atoms with Gasteiger partial charge in [0, 0.05) is 37.0 Å². The monoisotopic (exact) mass is 410 g/mol. The van der Waals surface area contributed by atoms with Crippen molar-refractivity contribution in [2.75, 3.05) is 10.0 Å². The Morgan fingerprint density at radius 2 is 2.14 bits per heavy atom. The average Bonchev–Trinajstić information content (AvgIpc) is 3.27. The third-order valence-electron chi connectivity index (χ3n) is 4.14. The first-order valence-electron chi connectivity index (χ1n) is 8.62. The lowest BCUT2D eigenvalue weighted by atomic mass is 10.1. The number of aromatic amines is 1. The second-order valence-corrected chi connectivity index (χ2v) is 7.98. The van der Waals surface area contributed by atoms with Crippen molar-refractivity contribution in [2.24, 2.45) is 7.05 Å². The van der Waals surface area contributed by atoms with Gasteiger partial charge in [0.15, 0.2) is 5.65 Å². The quantitative estimate of drug-likeness (QED) is 0.426. The summed E-state index contributed by atoms with van der Waals surface area (Å²) in [5.41, 5.74) is 3.51. The van der Waals surface area contributed by atoms with Crippen LogP contribution < -0.4 is 10.0 Å². The van der Waals surface area contributed by atoms with Crippen molar-refractivity contribution in [3.8, 4) is 0 Å². The second kappa shape index (κ2) is 7.36. The maximum absolute atomic E-state index is 11.7. The molecule has 0 atom stereocenters. The van der Waals surface area contributed by atoms with Crippen molar-refractivity contribution in [3.05, 3.63) is 66.1 Å². The van der Waals surface area contributed by atoms with Crippen molar-refractivity contribution in [1.82, 2.24) is 29.9 Å². The van der Waals surface area contributed by atoms with Crippen molar-refractivity contribution >= 4 is 38.4 Å². The first-order valence-corrected chi connectivity index (χ1v) is 10.2. The zero-order valence-electron chi connectivity index (χ0n) is 15.5. The van der Waals surface area contributed by atoms with Crippen LogP contribution in [0, 0.1) is 0 Å². The highest BCUT2D eigenvalue weighted by Gasteiger charge is 2.11. The van der Waals surface area contributed by atoms with Crippen LogP contribution in [-0.2, 0) is 23.5 Å². The number of benzene rings is 1. The van der Waals surface area contributed by atoms with Gasteiger partial charge in [-0.3, -0.25) is 14.5 Å². The number of nitrogens with zero attached hydrogens (tertiary/aromatic N) is 5. The van der Waals surface area contributed by atoms with E-state index in [0.29, 0.717) is 23.7 Å². The molecule has 0 amide bonds. The van der Waals surface area contributed by atoms with Crippen molar-refractivity contribution in [1.29, 1.82) is 0 Å². The molecule has 0 fully saturated rings. The molecule has 148 valence electrons. The molecule has 0 spiro atoms. The van der Waals surface area contributed by atoms with E-state index in [4.69, 9.17) is 0 Å². The van der Waals surface area contributed by atoms with E-state index in [9.17, 15) is 8.42 Å². The third kappa shape index (κ3) is 4.24. The molecule has 4 aromatic rings. The van der Waals surface area contributed by atoms with Gasteiger partial charge >= 0.3 is 0 Å². The van der Waals surface area contributed by atoms with Gasteiger partial charge in [0.2, 0.25) is 5.95 Å². The highest BCUT2D eigenvalue weighted by Crippen LogP contribution is 2.21. The molecule has 3 N–H and O–H groups in total. The SMILES string of the molecule is C=CS(=O)(=O)Nc1cccc(Cc2[nH]nc3nc(Nc4cnn(C)c4)ncc23)c1. The Labute approximate surface area is 166 Å². The smallest absolute Gasteiger partial charge is 0.254 e. The lowest BCUT2D eigenvalue weighted by Crippen LogP contribution is -2.08. The van der Waals surface area contributed by atoms with Gasteiger partial charge in [-0.1, -0.05) is 18.7 Å². The van der Waals surface area contributed by atoms with E-state index in [1.54, 1.807) is 35.3 Å². The number of nitrogens with one attached hydrogen (secondary N) is 3. The van der Waals surface area contributed by atoms with Gasteiger partial charge in [0.1, 0.15) is 0 Å². The molecule has 11 heteroatoms. The molecular formula is C18H18N8O2S. The van der Waals surface area contributed by atoms with Gasteiger partial charge in [-0.05, 0) is 17.7 Å². The van der Waals surface area contributed by atoms with E-state index in [1.807, 2.05) is 19.3 Å². The largest absolute Gasteiger partial charge is 0.321 e. The van der Waals surface area contributed by atoms with Gasteiger partial charge < -0.3 is 5.32 Å². The summed E-state index contributed by atoms with van der Waals surface area (Å²) in [5, 5.41) is 16.1. The fraction of sp³-hybridized carbons (Fsp3) is 0.111. The number of hydrogen-bond donors (Lipinski definition) is 3. The van der Waals surface area contributed by atoms with Crippen LogP contribution in [0.15, 0.2) is 54.8 Å². The Morgan fingerprint density at radius 3 is 2.90 bits per heavy atom. The van der Waals surface area contributed by atoms with Crippen LogP contribution in [0.1, 0.15) is 11.3 Å². The van der Waals surface area contributed by atoms with Crippen LogP contribution >= 0.6 is 0 Å². The Kier molecular flexibility index (Phi) is 4.72. The summed E-state index contributed by atoms with van der Waals surface area (Å²) in [4.78, 5) is 8.76. The summed E-state index contributed by atoms with van der Waals surface area (Å²) >= 11 is 0. The summed E-state index contributed by atoms with van der Waals surface area (Å²) in [6, 6.07) is 7.11. The molecule has 29 heavy (non-hydrogen) atoms. The van der Waals surface area contributed by atoms with Crippen LogP contribution in [0.4, 0.5) is 17.3 Å². The van der Waals surface area contributed by atoms with Crippen molar-refractivity contribution in [2.45, 2.75) is 6.42 Å². The minimum Gasteiger partial charge on any atom is -0.321 e. The maximum Gasteiger partial charge on any atom is 0.254 e. The molecule has 0 saturated heterocycles. The van der Waals surface area contributed by atoms with Crippen LogP contribution in [0.25, 0.3) is 11.0 Å². The predicted molar refractivity (Wildman–Crippen MR) is 110 cm³/mol.